The Labute approximate surface area is 200 Å². The Morgan fingerprint density at radius 2 is 1.82 bits per heavy atom. The predicted octanol–water partition coefficient (Wildman–Crippen LogP) is 4.33. The molecule has 1 aromatic heterocycles. The van der Waals surface area contributed by atoms with Crippen LogP contribution in [0.15, 0.2) is 80.5 Å². The summed E-state index contributed by atoms with van der Waals surface area (Å²) in [6, 6.07) is 16.7. The summed E-state index contributed by atoms with van der Waals surface area (Å²) in [7, 11) is 0. The van der Waals surface area contributed by atoms with Gasteiger partial charge in [0.15, 0.2) is 0 Å². The van der Waals surface area contributed by atoms with Gasteiger partial charge in [0, 0.05) is 11.3 Å². The van der Waals surface area contributed by atoms with Crippen molar-refractivity contribution >= 4 is 40.8 Å². The fraction of sp³-hybridized carbons (Fsp3) is 0.208. The number of hydrogen-bond donors (Lipinski definition) is 2. The minimum Gasteiger partial charge on any atom is -0.462 e. The van der Waals surface area contributed by atoms with Crippen molar-refractivity contribution in [3.8, 4) is 11.5 Å². The van der Waals surface area contributed by atoms with Crippen LogP contribution in [0.5, 0.6) is 0 Å². The summed E-state index contributed by atoms with van der Waals surface area (Å²) in [5.41, 5.74) is 2.93. The van der Waals surface area contributed by atoms with E-state index >= 15 is 0 Å². The van der Waals surface area contributed by atoms with Gasteiger partial charge >= 0.3 is 5.97 Å². The lowest BCUT2D eigenvalue weighted by Gasteiger charge is -2.14. The highest BCUT2D eigenvalue weighted by Gasteiger charge is 2.27. The Balaban J connectivity index is 1.53. The molecule has 0 fully saturated rings. The minimum atomic E-state index is -0.559. The minimum absolute atomic E-state index is 0.0118. The van der Waals surface area contributed by atoms with E-state index in [1.165, 1.54) is 0 Å². The zero-order valence-electron chi connectivity index (χ0n) is 18.7. The molecule has 2 N–H and O–H groups in total. The van der Waals surface area contributed by atoms with Crippen molar-refractivity contribution < 1.29 is 18.7 Å². The van der Waals surface area contributed by atoms with E-state index in [1.54, 1.807) is 13.0 Å². The number of para-hydroxylation sites is 2. The third kappa shape index (κ3) is 5.34. The van der Waals surface area contributed by atoms with Crippen LogP contribution in [-0.4, -0.2) is 40.3 Å². The van der Waals surface area contributed by atoms with Crippen molar-refractivity contribution in [2.75, 3.05) is 17.7 Å². The van der Waals surface area contributed by atoms with Crippen LogP contribution < -0.4 is 10.6 Å². The van der Waals surface area contributed by atoms with E-state index in [0.717, 1.165) is 23.0 Å². The maximum absolute atomic E-state index is 12.8. The number of aliphatic imine (C=N–C) groups is 1. The van der Waals surface area contributed by atoms with Crippen LogP contribution in [0.2, 0.25) is 0 Å². The maximum Gasteiger partial charge on any atom is 0.343 e. The Hall–Kier alpha value is -3.92. The molecule has 0 spiro atoms. The van der Waals surface area contributed by atoms with E-state index in [4.69, 9.17) is 9.15 Å². The van der Waals surface area contributed by atoms with Crippen LogP contribution in [0.4, 0.5) is 11.4 Å². The summed E-state index contributed by atoms with van der Waals surface area (Å²) in [5, 5.41) is 14.3. The molecule has 10 heteroatoms. The highest BCUT2D eigenvalue weighted by atomic mass is 32.2. The van der Waals surface area contributed by atoms with E-state index < -0.39 is 5.97 Å². The number of nitrogens with one attached hydrogen (secondary N) is 2. The quantitative estimate of drug-likeness (QED) is 0.381. The Morgan fingerprint density at radius 1 is 1.06 bits per heavy atom. The van der Waals surface area contributed by atoms with Gasteiger partial charge in [-0.25, -0.2) is 9.79 Å². The number of benzene rings is 2. The van der Waals surface area contributed by atoms with Gasteiger partial charge in [-0.05, 0) is 37.6 Å². The van der Waals surface area contributed by atoms with Crippen molar-refractivity contribution in [1.29, 1.82) is 0 Å². The summed E-state index contributed by atoms with van der Waals surface area (Å²) < 4.78 is 10.9. The van der Waals surface area contributed by atoms with E-state index in [-0.39, 0.29) is 34.9 Å². The zero-order chi connectivity index (χ0) is 23.9. The van der Waals surface area contributed by atoms with E-state index in [9.17, 15) is 9.59 Å². The molecular weight excluding hydrogens is 454 g/mol. The lowest BCUT2D eigenvalue weighted by atomic mass is 10.1. The number of nitrogens with zero attached hydrogens (tertiary/aromatic N) is 3. The number of esters is 1. The molecule has 174 valence electrons. The van der Waals surface area contributed by atoms with Crippen LogP contribution in [0.1, 0.15) is 20.3 Å². The molecule has 0 aliphatic carbocycles. The van der Waals surface area contributed by atoms with E-state index in [0.29, 0.717) is 23.7 Å². The number of allylic oxidation sites excluding steroid dienone is 1. The first-order valence-corrected chi connectivity index (χ1v) is 11.7. The molecule has 1 aliphatic heterocycles. The molecule has 0 radical (unpaired) electrons. The second-order valence-corrected chi connectivity index (χ2v) is 8.03. The predicted molar refractivity (Wildman–Crippen MR) is 130 cm³/mol. The Morgan fingerprint density at radius 3 is 2.59 bits per heavy atom. The van der Waals surface area contributed by atoms with Gasteiger partial charge in [-0.2, -0.15) is 0 Å². The average molecular weight is 478 g/mol. The molecule has 2 aromatic carbocycles. The van der Waals surface area contributed by atoms with Crippen molar-refractivity contribution in [2.24, 2.45) is 4.99 Å². The average Bonchev–Trinajstić information content (AvgIpc) is 3.27. The van der Waals surface area contributed by atoms with Crippen LogP contribution >= 0.6 is 11.8 Å². The van der Waals surface area contributed by atoms with Crippen LogP contribution in [-0.2, 0) is 14.3 Å². The molecule has 0 atom stereocenters. The van der Waals surface area contributed by atoms with Crippen molar-refractivity contribution in [3.05, 3.63) is 65.9 Å². The molecule has 34 heavy (non-hydrogen) atoms. The molecule has 3 aromatic rings. The first-order chi connectivity index (χ1) is 16.6. The second-order valence-electron chi connectivity index (χ2n) is 7.11. The zero-order valence-corrected chi connectivity index (χ0v) is 19.5. The van der Waals surface area contributed by atoms with E-state index in [1.807, 2.05) is 55.5 Å². The summed E-state index contributed by atoms with van der Waals surface area (Å²) in [5.74, 6) is -0.439. The van der Waals surface area contributed by atoms with Crippen LogP contribution in [0, 0.1) is 0 Å². The smallest absolute Gasteiger partial charge is 0.343 e. The first-order valence-electron chi connectivity index (χ1n) is 10.8. The fourth-order valence-corrected chi connectivity index (χ4v) is 3.82. The molecule has 0 saturated carbocycles. The van der Waals surface area contributed by atoms with Crippen molar-refractivity contribution in [3.63, 3.8) is 0 Å². The van der Waals surface area contributed by atoms with E-state index in [2.05, 4.69) is 25.8 Å². The molecule has 0 bridgehead atoms. The second kappa shape index (κ2) is 10.8. The van der Waals surface area contributed by atoms with Crippen molar-refractivity contribution in [1.82, 2.24) is 15.5 Å². The lowest BCUT2D eigenvalue weighted by Crippen LogP contribution is -2.36. The maximum atomic E-state index is 12.8. The molecule has 4 rings (SSSR count). The largest absolute Gasteiger partial charge is 0.462 e. The SMILES string of the molecule is CCOC(=O)C1=C(CC)Nc2ccccc2N=C1NC(=O)CSc1nnc(-c2ccccc2)o1. The number of amides is 1. The van der Waals surface area contributed by atoms with Gasteiger partial charge < -0.3 is 19.8 Å². The number of fused-ring (bicyclic) bond motifs is 1. The van der Waals surface area contributed by atoms with Gasteiger partial charge in [0.05, 0.1) is 23.7 Å². The number of anilines is 1. The van der Waals surface area contributed by atoms with Gasteiger partial charge in [-0.3, -0.25) is 4.79 Å². The van der Waals surface area contributed by atoms with Gasteiger partial charge in [0.2, 0.25) is 11.8 Å². The number of aromatic nitrogens is 2. The number of hydrogen-bond acceptors (Lipinski definition) is 9. The first kappa shape index (κ1) is 23.2. The van der Waals surface area contributed by atoms with Crippen molar-refractivity contribution in [2.45, 2.75) is 25.5 Å². The van der Waals surface area contributed by atoms with Gasteiger partial charge in [-0.1, -0.05) is 49.0 Å². The summed E-state index contributed by atoms with van der Waals surface area (Å²) >= 11 is 1.09. The van der Waals surface area contributed by atoms with Gasteiger partial charge in [0.1, 0.15) is 11.4 Å². The number of thioether (sulfide) groups is 1. The molecular formula is C24H23N5O4S. The molecule has 0 unspecified atom stereocenters. The molecule has 1 aliphatic rings. The molecule has 9 nitrogen and oxygen atoms in total. The third-order valence-corrected chi connectivity index (χ3v) is 5.62. The Kier molecular flexibility index (Phi) is 7.38. The number of ether oxygens (including phenoxy) is 1. The highest BCUT2D eigenvalue weighted by Crippen LogP contribution is 2.31. The van der Waals surface area contributed by atoms with Crippen LogP contribution in [0.25, 0.3) is 11.5 Å². The third-order valence-electron chi connectivity index (χ3n) is 4.81. The molecule has 2 heterocycles. The normalized spacial score (nSPS) is 12.8. The number of amidine groups is 1. The lowest BCUT2D eigenvalue weighted by molar-refractivity contribution is -0.137. The molecule has 1 amide bonds. The highest BCUT2D eigenvalue weighted by molar-refractivity contribution is 7.99. The van der Waals surface area contributed by atoms with Gasteiger partial charge in [-0.15, -0.1) is 10.2 Å². The summed E-state index contributed by atoms with van der Waals surface area (Å²) in [6.07, 6.45) is 0.510. The number of rotatable bonds is 7. The fourth-order valence-electron chi connectivity index (χ4n) is 3.26. The molecule has 0 saturated heterocycles. The van der Waals surface area contributed by atoms with Gasteiger partial charge in [0.25, 0.3) is 5.22 Å². The topological polar surface area (TPSA) is 119 Å². The Bertz CT molecular complexity index is 1250. The summed E-state index contributed by atoms with van der Waals surface area (Å²) in [4.78, 5) is 30.2. The number of carbonyl (C=O) groups is 2. The standard InChI is InChI=1S/C24H23N5O4S/c1-3-16-20(23(31)32-4-2)21(26-18-13-9-8-12-17(18)25-16)27-19(30)14-34-24-29-28-22(33-24)15-10-6-5-7-11-15/h5-13,25H,3-4,14H2,1-2H3,(H,26,27,30). The van der Waals surface area contributed by atoms with Crippen LogP contribution in [0.3, 0.4) is 0 Å². The monoisotopic (exact) mass is 477 g/mol. The number of carbonyl (C=O) groups excluding carboxylic acids is 2. The summed E-state index contributed by atoms with van der Waals surface area (Å²) in [6.45, 7) is 3.83.